The molecule has 1 saturated heterocycles. The van der Waals surface area contributed by atoms with E-state index in [2.05, 4.69) is 31.1 Å². The summed E-state index contributed by atoms with van der Waals surface area (Å²) in [6.45, 7) is 0.328. The number of aromatic nitrogens is 2. The molecule has 1 atom stereocenters. The molecule has 1 fully saturated rings. The van der Waals surface area contributed by atoms with Crippen molar-refractivity contribution in [2.24, 2.45) is 4.99 Å². The van der Waals surface area contributed by atoms with Crippen LogP contribution in [0.1, 0.15) is 5.01 Å². The number of fused-ring (bicyclic) bond motifs is 1. The summed E-state index contributed by atoms with van der Waals surface area (Å²) in [7, 11) is 3.04. The number of likely N-dealkylation sites (N-methyl/N-ethyl adjacent to an activating group) is 2. The average molecular weight is 373 g/mol. The summed E-state index contributed by atoms with van der Waals surface area (Å²) in [5.74, 6) is 0.0660. The molecule has 1 aromatic rings. The van der Waals surface area contributed by atoms with Gasteiger partial charge in [-0.2, -0.15) is 0 Å². The molecule has 3 rings (SSSR count). The molecule has 3 amide bonds. The lowest BCUT2D eigenvalue weighted by atomic mass is 10.1. The molecule has 21 heavy (non-hydrogen) atoms. The van der Waals surface area contributed by atoms with Gasteiger partial charge in [-0.15, -0.1) is 10.2 Å². The van der Waals surface area contributed by atoms with Crippen molar-refractivity contribution in [1.29, 1.82) is 0 Å². The quantitative estimate of drug-likeness (QED) is 0.565. The van der Waals surface area contributed by atoms with Gasteiger partial charge in [0.15, 0.2) is 5.01 Å². The number of aliphatic imine (C=N–C) groups is 1. The highest BCUT2D eigenvalue weighted by Crippen LogP contribution is 2.23. The number of carbonyl (C=O) groups is 2. The van der Waals surface area contributed by atoms with E-state index in [-0.39, 0.29) is 5.91 Å². The molecule has 2 aliphatic rings. The number of amidine groups is 2. The minimum absolute atomic E-state index is 0.328. The fourth-order valence-corrected chi connectivity index (χ4v) is 3.32. The standard InChI is InChI=1S/C10H11BrN7O2S/c1-16-6-5(7(19)17(2)10(16)20)18(8(11)13-6)3-4-14-15-9(12)21-4/h5H,3H2,1-2H3,(H2,12,15)/q+1. The zero-order valence-corrected chi connectivity index (χ0v) is 13.6. The molecule has 1 aromatic heterocycles. The number of urea groups is 1. The number of imide groups is 1. The molecule has 0 spiro atoms. The first-order chi connectivity index (χ1) is 9.90. The van der Waals surface area contributed by atoms with Gasteiger partial charge in [-0.3, -0.25) is 14.6 Å². The fourth-order valence-electron chi connectivity index (χ4n) is 2.20. The number of halogens is 1. The van der Waals surface area contributed by atoms with Crippen LogP contribution < -0.4 is 5.73 Å². The van der Waals surface area contributed by atoms with Gasteiger partial charge in [0.2, 0.25) is 5.13 Å². The van der Waals surface area contributed by atoms with Gasteiger partial charge in [0.1, 0.15) is 6.54 Å². The summed E-state index contributed by atoms with van der Waals surface area (Å²) >= 11 is 4.57. The molecule has 2 N–H and O–H groups in total. The van der Waals surface area contributed by atoms with Crippen molar-refractivity contribution < 1.29 is 14.2 Å². The van der Waals surface area contributed by atoms with Crippen molar-refractivity contribution in [3.8, 4) is 0 Å². The number of carbonyl (C=O) groups excluding carboxylic acids is 2. The maximum Gasteiger partial charge on any atom is 0.365 e. The summed E-state index contributed by atoms with van der Waals surface area (Å²) in [5.41, 5.74) is 5.56. The molecular formula is C10H11BrN7O2S+. The maximum atomic E-state index is 12.4. The third kappa shape index (κ3) is 2.12. The maximum absolute atomic E-state index is 12.4. The van der Waals surface area contributed by atoms with Crippen LogP contribution in [0.5, 0.6) is 0 Å². The summed E-state index contributed by atoms with van der Waals surface area (Å²) in [5, 5.41) is 8.71. The molecule has 3 heterocycles. The normalized spacial score (nSPS) is 22.0. The van der Waals surface area contributed by atoms with Crippen molar-refractivity contribution in [3.05, 3.63) is 5.01 Å². The number of hydrogen-bond donors (Lipinski definition) is 1. The molecule has 0 saturated carbocycles. The van der Waals surface area contributed by atoms with E-state index in [9.17, 15) is 9.59 Å². The SMILES string of the molecule is CN1C(=O)C2C(=NC(Br)=[N+]2Cc2nnc(N)s2)N(C)C1=O. The van der Waals surface area contributed by atoms with Crippen molar-refractivity contribution in [2.45, 2.75) is 12.6 Å². The van der Waals surface area contributed by atoms with Crippen LogP contribution in [0.25, 0.3) is 0 Å². The van der Waals surface area contributed by atoms with Crippen LogP contribution in [0.4, 0.5) is 9.93 Å². The number of rotatable bonds is 2. The second kappa shape index (κ2) is 4.84. The number of nitrogen functional groups attached to an aromatic ring is 1. The summed E-state index contributed by atoms with van der Waals surface area (Å²) < 4.78 is 2.19. The Labute approximate surface area is 131 Å². The third-order valence-electron chi connectivity index (χ3n) is 3.27. The predicted molar refractivity (Wildman–Crippen MR) is 79.4 cm³/mol. The summed E-state index contributed by atoms with van der Waals surface area (Å²) in [6, 6.07) is -1.06. The van der Waals surface area contributed by atoms with Crippen LogP contribution in [0.2, 0.25) is 0 Å². The van der Waals surface area contributed by atoms with Gasteiger partial charge in [-0.1, -0.05) is 11.3 Å². The Morgan fingerprint density at radius 1 is 1.33 bits per heavy atom. The largest absolute Gasteiger partial charge is 0.374 e. The highest BCUT2D eigenvalue weighted by molar-refractivity contribution is 9.18. The third-order valence-corrected chi connectivity index (χ3v) is 4.64. The van der Waals surface area contributed by atoms with E-state index in [1.54, 1.807) is 11.6 Å². The van der Waals surface area contributed by atoms with Crippen molar-refractivity contribution in [3.63, 3.8) is 0 Å². The summed E-state index contributed by atoms with van der Waals surface area (Å²) in [4.78, 5) is 31.0. The molecular weight excluding hydrogens is 362 g/mol. The number of amides is 3. The molecule has 0 aromatic carbocycles. The molecule has 0 bridgehead atoms. The Balaban J connectivity index is 1.95. The minimum Gasteiger partial charge on any atom is -0.374 e. The van der Waals surface area contributed by atoms with Crippen LogP contribution >= 0.6 is 27.3 Å². The van der Waals surface area contributed by atoms with Crippen LogP contribution in [0, 0.1) is 0 Å². The second-order valence-corrected chi connectivity index (χ2v) is 6.35. The van der Waals surface area contributed by atoms with Crippen LogP contribution in [-0.4, -0.2) is 67.2 Å². The van der Waals surface area contributed by atoms with Gasteiger partial charge in [0, 0.05) is 14.1 Å². The topological polar surface area (TPSA) is 108 Å². The van der Waals surface area contributed by atoms with E-state index in [4.69, 9.17) is 5.73 Å². The molecule has 1 unspecified atom stereocenters. The van der Waals surface area contributed by atoms with E-state index >= 15 is 0 Å². The molecule has 0 aliphatic carbocycles. The Hall–Kier alpha value is -1.88. The van der Waals surface area contributed by atoms with Crippen molar-refractivity contribution in [1.82, 2.24) is 20.0 Å². The Bertz CT molecular complexity index is 712. The van der Waals surface area contributed by atoms with Gasteiger partial charge in [-0.05, 0) is 4.99 Å². The monoisotopic (exact) mass is 372 g/mol. The first kappa shape index (κ1) is 14.1. The van der Waals surface area contributed by atoms with Gasteiger partial charge in [0.25, 0.3) is 17.8 Å². The zero-order valence-electron chi connectivity index (χ0n) is 11.1. The minimum atomic E-state index is -0.655. The number of anilines is 1. The fraction of sp³-hybridized carbons (Fsp3) is 0.400. The van der Waals surface area contributed by atoms with Gasteiger partial charge < -0.3 is 5.73 Å². The smallest absolute Gasteiger partial charge is 0.365 e. The van der Waals surface area contributed by atoms with Crippen LogP contribution in [-0.2, 0) is 11.3 Å². The molecule has 110 valence electrons. The van der Waals surface area contributed by atoms with Gasteiger partial charge >= 0.3 is 10.8 Å². The Morgan fingerprint density at radius 2 is 2.05 bits per heavy atom. The number of hydrogen-bond acceptors (Lipinski definition) is 7. The highest BCUT2D eigenvalue weighted by atomic mass is 79.9. The number of nitrogens with zero attached hydrogens (tertiary/aromatic N) is 6. The Kier molecular flexibility index (Phi) is 3.24. The van der Waals surface area contributed by atoms with Crippen LogP contribution in [0.3, 0.4) is 0 Å². The first-order valence-electron chi connectivity index (χ1n) is 5.91. The first-order valence-corrected chi connectivity index (χ1v) is 7.52. The van der Waals surface area contributed by atoms with Crippen molar-refractivity contribution in [2.75, 3.05) is 19.8 Å². The molecule has 2 aliphatic heterocycles. The molecule has 9 nitrogen and oxygen atoms in total. The van der Waals surface area contributed by atoms with Crippen LogP contribution in [0.15, 0.2) is 4.99 Å². The highest BCUT2D eigenvalue weighted by Gasteiger charge is 2.52. The van der Waals surface area contributed by atoms with E-state index in [0.717, 1.165) is 4.90 Å². The van der Waals surface area contributed by atoms with Gasteiger partial charge in [-0.25, -0.2) is 9.37 Å². The van der Waals surface area contributed by atoms with E-state index in [1.807, 2.05) is 0 Å². The van der Waals surface area contributed by atoms with Gasteiger partial charge in [0.05, 0.1) is 15.9 Å². The van der Waals surface area contributed by atoms with E-state index < -0.39 is 12.1 Å². The lowest BCUT2D eigenvalue weighted by Crippen LogP contribution is -2.61. The van der Waals surface area contributed by atoms with E-state index in [0.29, 0.717) is 27.3 Å². The molecule has 0 radical (unpaired) electrons. The zero-order chi connectivity index (χ0) is 15.3. The Morgan fingerprint density at radius 3 is 2.67 bits per heavy atom. The predicted octanol–water partition coefficient (Wildman–Crippen LogP) is -0.312. The number of nitrogens with two attached hydrogens (primary N) is 1. The lowest BCUT2D eigenvalue weighted by molar-refractivity contribution is -0.548. The second-order valence-electron chi connectivity index (χ2n) is 4.54. The van der Waals surface area contributed by atoms with Crippen molar-refractivity contribution >= 4 is 54.9 Å². The molecule has 11 heteroatoms. The average Bonchev–Trinajstić information content (AvgIpc) is 2.99. The van der Waals surface area contributed by atoms with E-state index in [1.165, 1.54) is 23.3 Å². The lowest BCUT2D eigenvalue weighted by Gasteiger charge is -2.30. The summed E-state index contributed by atoms with van der Waals surface area (Å²) in [6.07, 6.45) is 0.